The van der Waals surface area contributed by atoms with E-state index in [1.165, 1.54) is 199 Å². The number of ether oxygens (including phenoxy) is 3. The second kappa shape index (κ2) is 50.2. The van der Waals surface area contributed by atoms with Gasteiger partial charge in [0.2, 0.25) is 0 Å². The van der Waals surface area contributed by atoms with Crippen LogP contribution in [-0.2, 0) is 28.6 Å². The van der Waals surface area contributed by atoms with Gasteiger partial charge in [0.1, 0.15) is 12.6 Å². The number of carboxylic acid groups (broad SMARTS) is 1. The number of aliphatic carboxylic acids is 1. The van der Waals surface area contributed by atoms with E-state index in [9.17, 15) is 19.5 Å². The monoisotopic (exact) mass is 946 g/mol. The quantitative estimate of drug-likeness (QED) is 0.0259. The first-order valence-corrected chi connectivity index (χ1v) is 28.9. The topological polar surface area (TPSA) is 102 Å². The van der Waals surface area contributed by atoms with Crippen LogP contribution in [0, 0.1) is 0 Å². The highest BCUT2D eigenvalue weighted by atomic mass is 16.6. The lowest BCUT2D eigenvalue weighted by Gasteiger charge is -2.34. The number of likely N-dealkylation sites (N-methyl/N-ethyl adjacent to an activating group) is 1. The van der Waals surface area contributed by atoms with Gasteiger partial charge in [-0.1, -0.05) is 244 Å². The molecule has 0 aromatic rings. The minimum Gasteiger partial charge on any atom is -0.544 e. The molecule has 8 heteroatoms. The van der Waals surface area contributed by atoms with Gasteiger partial charge in [0.25, 0.3) is 0 Å². The SMILES string of the molecule is CCCCCCCCCCC/C=C/C/C=C/CCCCCCCCCC(=O)OC(COCCC(C(=O)[O-])[N+](C)(C)C)COC(=O)CCCCCCCCCCCCCCCCCCCCCC. The smallest absolute Gasteiger partial charge is 0.306 e. The summed E-state index contributed by atoms with van der Waals surface area (Å²) < 4.78 is 17.3. The second-order valence-corrected chi connectivity index (χ2v) is 20.9. The molecule has 0 rings (SSSR count). The molecular weight excluding hydrogens is 835 g/mol. The number of nitrogens with zero attached hydrogens (tertiary/aromatic N) is 1. The fraction of sp³-hybridized carbons (Fsp3) is 0.881. The molecule has 0 aromatic heterocycles. The highest BCUT2D eigenvalue weighted by molar-refractivity contribution is 5.70. The largest absolute Gasteiger partial charge is 0.544 e. The molecule has 0 saturated carbocycles. The molecule has 2 atom stereocenters. The molecule has 0 saturated heterocycles. The number of quaternary nitrogens is 1. The zero-order valence-corrected chi connectivity index (χ0v) is 45.1. The molecule has 0 spiro atoms. The summed E-state index contributed by atoms with van der Waals surface area (Å²) in [5, 5.41) is 11.7. The first kappa shape index (κ1) is 64.8. The zero-order valence-electron chi connectivity index (χ0n) is 45.1. The van der Waals surface area contributed by atoms with Gasteiger partial charge in [0.15, 0.2) is 6.10 Å². The van der Waals surface area contributed by atoms with Crippen LogP contribution in [0.15, 0.2) is 24.3 Å². The Kier molecular flexibility index (Phi) is 48.6. The molecule has 0 fully saturated rings. The van der Waals surface area contributed by atoms with Gasteiger partial charge in [-0.15, -0.1) is 0 Å². The third-order valence-corrected chi connectivity index (χ3v) is 13.3. The van der Waals surface area contributed by atoms with Gasteiger partial charge in [0, 0.05) is 19.3 Å². The molecule has 394 valence electrons. The summed E-state index contributed by atoms with van der Waals surface area (Å²) in [5.41, 5.74) is 0. The van der Waals surface area contributed by atoms with Crippen molar-refractivity contribution in [2.75, 3.05) is 41.0 Å². The number of unbranched alkanes of at least 4 members (excludes halogenated alkanes) is 35. The van der Waals surface area contributed by atoms with Gasteiger partial charge in [-0.25, -0.2) is 0 Å². The van der Waals surface area contributed by atoms with Gasteiger partial charge in [-0.2, -0.15) is 0 Å². The van der Waals surface area contributed by atoms with Crippen molar-refractivity contribution < 1.29 is 38.2 Å². The maximum absolute atomic E-state index is 12.8. The van der Waals surface area contributed by atoms with E-state index >= 15 is 0 Å². The molecule has 8 nitrogen and oxygen atoms in total. The molecule has 0 N–H and O–H groups in total. The average molecular weight is 947 g/mol. The van der Waals surface area contributed by atoms with E-state index in [1.54, 1.807) is 0 Å². The first-order chi connectivity index (χ1) is 32.6. The van der Waals surface area contributed by atoms with Gasteiger partial charge in [0.05, 0.1) is 40.3 Å². The first-order valence-electron chi connectivity index (χ1n) is 28.9. The third kappa shape index (κ3) is 48.6. The lowest BCUT2D eigenvalue weighted by Crippen LogP contribution is -2.55. The Morgan fingerprint density at radius 1 is 0.448 bits per heavy atom. The summed E-state index contributed by atoms with van der Waals surface area (Å²) in [6.45, 7) is 4.71. The number of carboxylic acids is 1. The second-order valence-electron chi connectivity index (χ2n) is 20.9. The van der Waals surface area contributed by atoms with E-state index in [2.05, 4.69) is 38.2 Å². The maximum atomic E-state index is 12.8. The average Bonchev–Trinajstić information content (AvgIpc) is 3.29. The van der Waals surface area contributed by atoms with Crippen LogP contribution >= 0.6 is 0 Å². The van der Waals surface area contributed by atoms with E-state index in [-0.39, 0.29) is 42.7 Å². The molecule has 0 aliphatic carbocycles. The van der Waals surface area contributed by atoms with Crippen molar-refractivity contribution in [2.45, 2.75) is 296 Å². The number of carbonyl (C=O) groups excluding carboxylic acids is 3. The Morgan fingerprint density at radius 3 is 1.15 bits per heavy atom. The van der Waals surface area contributed by atoms with E-state index < -0.39 is 18.1 Å². The van der Waals surface area contributed by atoms with E-state index in [0.717, 1.165) is 51.4 Å². The van der Waals surface area contributed by atoms with E-state index in [4.69, 9.17) is 14.2 Å². The van der Waals surface area contributed by atoms with Gasteiger partial charge in [-0.3, -0.25) is 9.59 Å². The highest BCUT2D eigenvalue weighted by Gasteiger charge is 2.25. The number of hydrogen-bond donors (Lipinski definition) is 0. The van der Waals surface area contributed by atoms with E-state index in [1.807, 2.05) is 21.1 Å². The predicted molar refractivity (Wildman–Crippen MR) is 282 cm³/mol. The number of rotatable bonds is 53. The molecule has 67 heavy (non-hydrogen) atoms. The zero-order chi connectivity index (χ0) is 49.2. The number of carbonyl (C=O) groups is 3. The van der Waals surface area contributed by atoms with Crippen molar-refractivity contribution in [3.63, 3.8) is 0 Å². The van der Waals surface area contributed by atoms with Crippen molar-refractivity contribution in [3.05, 3.63) is 24.3 Å². The van der Waals surface area contributed by atoms with Gasteiger partial charge in [-0.05, 0) is 44.9 Å². The summed E-state index contributed by atoms with van der Waals surface area (Å²) in [7, 11) is 5.43. The van der Waals surface area contributed by atoms with Crippen molar-refractivity contribution in [1.29, 1.82) is 0 Å². The molecule has 0 radical (unpaired) electrons. The normalized spacial score (nSPS) is 12.9. The van der Waals surface area contributed by atoms with Crippen LogP contribution in [-0.4, -0.2) is 75.5 Å². The van der Waals surface area contributed by atoms with Crippen LogP contribution in [0.5, 0.6) is 0 Å². The standard InChI is InChI=1S/C59H111NO7/c1-6-8-10-12-14-16-18-20-22-24-26-28-29-30-32-34-36-38-40-42-44-46-48-50-58(62)67-55(53-65-52-51-56(59(63)64)60(3,4)5)54-66-57(61)49-47-45-43-41-39-37-35-33-31-27-25-23-21-19-17-15-13-11-9-7-2/h26,28,30,32,55-56H,6-25,27,29,31,33-54H2,1-5H3/b28-26+,32-30+. The molecular formula is C59H111NO7. The van der Waals surface area contributed by atoms with Crippen molar-refractivity contribution >= 4 is 17.9 Å². The molecule has 2 unspecified atom stereocenters. The highest BCUT2D eigenvalue weighted by Crippen LogP contribution is 2.17. The van der Waals surface area contributed by atoms with Gasteiger partial charge < -0.3 is 28.6 Å². The minimum absolute atomic E-state index is 0.0422. The van der Waals surface area contributed by atoms with E-state index in [0.29, 0.717) is 12.8 Å². The summed E-state index contributed by atoms with van der Waals surface area (Å²) in [6.07, 6.45) is 59.3. The fourth-order valence-electron chi connectivity index (χ4n) is 8.87. The minimum atomic E-state index is -1.12. The van der Waals surface area contributed by atoms with Crippen LogP contribution in [0.25, 0.3) is 0 Å². The summed E-state index contributed by atoms with van der Waals surface area (Å²) in [5.74, 6) is -1.72. The molecule has 0 amide bonds. The Bertz CT molecular complexity index is 1150. The summed E-state index contributed by atoms with van der Waals surface area (Å²) in [6, 6.07) is -0.726. The van der Waals surface area contributed by atoms with Gasteiger partial charge >= 0.3 is 11.9 Å². The summed E-state index contributed by atoms with van der Waals surface area (Å²) in [4.78, 5) is 37.1. The Hall–Kier alpha value is -2.19. The molecule has 0 heterocycles. The Morgan fingerprint density at radius 2 is 0.791 bits per heavy atom. The number of allylic oxidation sites excluding steroid dienone is 4. The third-order valence-electron chi connectivity index (χ3n) is 13.3. The van der Waals surface area contributed by atoms with Crippen LogP contribution in [0.4, 0.5) is 0 Å². The van der Waals surface area contributed by atoms with Crippen molar-refractivity contribution in [1.82, 2.24) is 0 Å². The molecule has 0 bridgehead atoms. The lowest BCUT2D eigenvalue weighted by atomic mass is 10.0. The predicted octanol–water partition coefficient (Wildman–Crippen LogP) is 15.8. The Balaban J connectivity index is 4.16. The van der Waals surface area contributed by atoms with Crippen LogP contribution in [0.2, 0.25) is 0 Å². The number of esters is 2. The van der Waals surface area contributed by atoms with Crippen molar-refractivity contribution in [2.24, 2.45) is 0 Å². The molecule has 0 aliphatic rings. The van der Waals surface area contributed by atoms with Crippen molar-refractivity contribution in [3.8, 4) is 0 Å². The summed E-state index contributed by atoms with van der Waals surface area (Å²) >= 11 is 0. The molecule has 0 aliphatic heterocycles. The maximum Gasteiger partial charge on any atom is 0.306 e. The Labute approximate surface area is 415 Å². The van der Waals surface area contributed by atoms with Crippen LogP contribution in [0.3, 0.4) is 0 Å². The van der Waals surface area contributed by atoms with Crippen LogP contribution < -0.4 is 5.11 Å². The lowest BCUT2D eigenvalue weighted by molar-refractivity contribution is -0.889. The van der Waals surface area contributed by atoms with Crippen LogP contribution in [0.1, 0.15) is 284 Å². The number of hydrogen-bond acceptors (Lipinski definition) is 7. The fourth-order valence-corrected chi connectivity index (χ4v) is 8.87. The molecule has 0 aromatic carbocycles.